The van der Waals surface area contributed by atoms with Crippen molar-refractivity contribution in [3.63, 3.8) is 0 Å². The normalized spacial score (nSPS) is 11.8. The largest absolute Gasteiger partial charge is 0.310 e. The Morgan fingerprint density at radius 1 is 0.889 bits per heavy atom. The quantitative estimate of drug-likeness (QED) is 0.495. The molecule has 0 amide bonds. The van der Waals surface area contributed by atoms with E-state index in [1.54, 1.807) is 0 Å². The van der Waals surface area contributed by atoms with Crippen LogP contribution in [0.3, 0.4) is 0 Å². The summed E-state index contributed by atoms with van der Waals surface area (Å²) in [4.78, 5) is 4.75. The van der Waals surface area contributed by atoms with Crippen LogP contribution in [0.15, 0.2) is 48.5 Å². The van der Waals surface area contributed by atoms with E-state index in [4.69, 9.17) is 4.98 Å². The maximum atomic E-state index is 4.75. The van der Waals surface area contributed by atoms with Gasteiger partial charge in [0.25, 0.3) is 0 Å². The molecule has 0 aliphatic heterocycles. The maximum Gasteiger partial charge on any atom is 0.215 e. The average molecular weight is 235 g/mol. The lowest BCUT2D eigenvalue weighted by Gasteiger charge is -1.98. The second kappa shape index (κ2) is 3.35. The molecule has 0 saturated heterocycles. The Labute approximate surface area is 104 Å². The van der Waals surface area contributed by atoms with Gasteiger partial charge in [-0.15, -0.1) is 0 Å². The van der Waals surface area contributed by atoms with Crippen LogP contribution < -0.4 is 0 Å². The van der Waals surface area contributed by atoms with Gasteiger partial charge >= 0.3 is 0 Å². The van der Waals surface area contributed by atoms with E-state index in [2.05, 4.69) is 58.4 Å². The number of imidazole rings is 2. The molecule has 0 atom stereocenters. The fraction of sp³-hybridized carbons (Fsp3) is 0.133. The summed E-state index contributed by atoms with van der Waals surface area (Å²) < 4.78 is 4.50. The monoisotopic (exact) mass is 235 g/mol. The molecule has 4 rings (SSSR count). The first-order chi connectivity index (χ1) is 8.90. The summed E-state index contributed by atoms with van der Waals surface area (Å²) >= 11 is 0. The lowest BCUT2D eigenvalue weighted by molar-refractivity contribution is 0.808. The number of hydrogen-bond donors (Lipinski definition) is 0. The van der Waals surface area contributed by atoms with E-state index in [9.17, 15) is 0 Å². The molecule has 0 aliphatic carbocycles. The first-order valence-corrected chi connectivity index (χ1v) is 6.24. The van der Waals surface area contributed by atoms with E-state index in [0.717, 1.165) is 17.8 Å². The fourth-order valence-corrected chi connectivity index (χ4v) is 2.73. The number of aryl methyl sites for hydroxylation is 1. The van der Waals surface area contributed by atoms with E-state index < -0.39 is 0 Å². The molecule has 18 heavy (non-hydrogen) atoms. The molecule has 2 aromatic heterocycles. The van der Waals surface area contributed by atoms with Crippen LogP contribution in [0.4, 0.5) is 0 Å². The summed E-state index contributed by atoms with van der Waals surface area (Å²) in [6.07, 6.45) is 0. The summed E-state index contributed by atoms with van der Waals surface area (Å²) in [5.41, 5.74) is 4.70. The number of fused-ring (bicyclic) bond motifs is 5. The Morgan fingerprint density at radius 3 is 2.33 bits per heavy atom. The molecule has 0 N–H and O–H groups in total. The first-order valence-electron chi connectivity index (χ1n) is 6.24. The zero-order chi connectivity index (χ0) is 12.1. The van der Waals surface area contributed by atoms with Crippen molar-refractivity contribution in [2.45, 2.75) is 13.5 Å². The zero-order valence-electron chi connectivity index (χ0n) is 10.2. The molecule has 88 valence electrons. The van der Waals surface area contributed by atoms with Crippen LogP contribution >= 0.6 is 0 Å². The Balaban J connectivity index is 2.36. The molecule has 2 heterocycles. The van der Waals surface area contributed by atoms with Crippen molar-refractivity contribution in [2.24, 2.45) is 0 Å². The first kappa shape index (κ1) is 9.71. The summed E-state index contributed by atoms with van der Waals surface area (Å²) in [5, 5.41) is 0. The highest BCUT2D eigenvalue weighted by molar-refractivity contribution is 5.90. The number of para-hydroxylation sites is 4. The Morgan fingerprint density at radius 2 is 1.56 bits per heavy atom. The minimum Gasteiger partial charge on any atom is -0.310 e. The molecule has 0 saturated carbocycles. The Hall–Kier alpha value is -2.29. The maximum absolute atomic E-state index is 4.75. The van der Waals surface area contributed by atoms with Gasteiger partial charge in [0.05, 0.1) is 22.1 Å². The van der Waals surface area contributed by atoms with Crippen LogP contribution in [-0.2, 0) is 6.54 Å². The van der Waals surface area contributed by atoms with E-state index in [1.165, 1.54) is 16.6 Å². The highest BCUT2D eigenvalue weighted by atomic mass is 15.2. The van der Waals surface area contributed by atoms with Crippen LogP contribution in [0.5, 0.6) is 0 Å². The Kier molecular flexibility index (Phi) is 1.81. The van der Waals surface area contributed by atoms with Crippen molar-refractivity contribution >= 4 is 27.8 Å². The van der Waals surface area contributed by atoms with Gasteiger partial charge in [-0.1, -0.05) is 24.3 Å². The highest BCUT2D eigenvalue weighted by Crippen LogP contribution is 2.25. The number of hydrogen-bond acceptors (Lipinski definition) is 1. The van der Waals surface area contributed by atoms with Crippen LogP contribution in [0, 0.1) is 0 Å². The second-order valence-electron chi connectivity index (χ2n) is 4.47. The standard InChI is InChI=1S/C15H13N3/c1-2-17-13-9-5-6-10-14(13)18-12-8-4-3-7-11(12)16-15(17)18/h3-10H,2H2,1H3. The molecule has 4 aromatic rings. The third-order valence-electron chi connectivity index (χ3n) is 3.51. The molecule has 0 radical (unpaired) electrons. The molecule has 3 nitrogen and oxygen atoms in total. The third-order valence-corrected chi connectivity index (χ3v) is 3.51. The van der Waals surface area contributed by atoms with Gasteiger partial charge in [0.2, 0.25) is 5.78 Å². The third kappa shape index (κ3) is 1.06. The predicted octanol–water partition coefficient (Wildman–Crippen LogP) is 3.46. The van der Waals surface area contributed by atoms with Crippen LogP contribution in [0.1, 0.15) is 6.92 Å². The summed E-state index contributed by atoms with van der Waals surface area (Å²) in [5.74, 6) is 1.03. The molecule has 0 aliphatic rings. The van der Waals surface area contributed by atoms with Crippen molar-refractivity contribution in [3.05, 3.63) is 48.5 Å². The van der Waals surface area contributed by atoms with Crippen LogP contribution in [-0.4, -0.2) is 14.0 Å². The van der Waals surface area contributed by atoms with E-state index in [-0.39, 0.29) is 0 Å². The molecular weight excluding hydrogens is 222 g/mol. The number of nitrogens with zero attached hydrogens (tertiary/aromatic N) is 3. The minimum absolute atomic E-state index is 0.931. The van der Waals surface area contributed by atoms with Crippen molar-refractivity contribution in [1.82, 2.24) is 14.0 Å². The summed E-state index contributed by atoms with van der Waals surface area (Å²) in [6, 6.07) is 16.8. The molecular formula is C15H13N3. The van der Waals surface area contributed by atoms with E-state index in [1.807, 2.05) is 6.07 Å². The van der Waals surface area contributed by atoms with Crippen LogP contribution in [0.25, 0.3) is 27.8 Å². The van der Waals surface area contributed by atoms with Gasteiger partial charge < -0.3 is 4.57 Å². The average Bonchev–Trinajstić information content (AvgIpc) is 2.92. The van der Waals surface area contributed by atoms with E-state index >= 15 is 0 Å². The number of rotatable bonds is 1. The van der Waals surface area contributed by atoms with Gasteiger partial charge in [0, 0.05) is 6.54 Å². The van der Waals surface area contributed by atoms with Crippen molar-refractivity contribution in [2.75, 3.05) is 0 Å². The smallest absolute Gasteiger partial charge is 0.215 e. The van der Waals surface area contributed by atoms with Crippen molar-refractivity contribution in [3.8, 4) is 0 Å². The van der Waals surface area contributed by atoms with E-state index in [0.29, 0.717) is 0 Å². The SMILES string of the molecule is CCn1c2ccccc2n2c3ccccc3nc12. The van der Waals surface area contributed by atoms with Gasteiger partial charge in [0.15, 0.2) is 0 Å². The molecule has 0 spiro atoms. The second-order valence-corrected chi connectivity index (χ2v) is 4.47. The summed E-state index contributed by atoms with van der Waals surface area (Å²) in [6.45, 7) is 3.09. The van der Waals surface area contributed by atoms with Crippen molar-refractivity contribution < 1.29 is 0 Å². The van der Waals surface area contributed by atoms with Gasteiger partial charge in [-0.3, -0.25) is 4.40 Å². The summed E-state index contributed by atoms with van der Waals surface area (Å²) in [7, 11) is 0. The zero-order valence-corrected chi connectivity index (χ0v) is 10.2. The lowest BCUT2D eigenvalue weighted by atomic mass is 10.3. The molecule has 3 heteroatoms. The van der Waals surface area contributed by atoms with Gasteiger partial charge in [0.1, 0.15) is 0 Å². The van der Waals surface area contributed by atoms with Crippen molar-refractivity contribution in [1.29, 1.82) is 0 Å². The topological polar surface area (TPSA) is 22.2 Å². The fourth-order valence-electron chi connectivity index (χ4n) is 2.73. The Bertz CT molecular complexity index is 867. The molecule has 0 unspecified atom stereocenters. The minimum atomic E-state index is 0.931. The van der Waals surface area contributed by atoms with Gasteiger partial charge in [-0.2, -0.15) is 0 Å². The van der Waals surface area contributed by atoms with Gasteiger partial charge in [-0.05, 0) is 31.2 Å². The molecule has 0 fully saturated rings. The number of benzene rings is 2. The molecule has 0 bridgehead atoms. The van der Waals surface area contributed by atoms with Gasteiger partial charge in [-0.25, -0.2) is 4.98 Å². The van der Waals surface area contributed by atoms with Crippen LogP contribution in [0.2, 0.25) is 0 Å². The lowest BCUT2D eigenvalue weighted by Crippen LogP contribution is -1.93. The highest BCUT2D eigenvalue weighted by Gasteiger charge is 2.13. The number of aromatic nitrogens is 3. The predicted molar refractivity (Wildman–Crippen MR) is 73.9 cm³/mol. The molecule has 2 aromatic carbocycles.